The molecule has 3 fully saturated rings. The molecule has 1 saturated carbocycles. The zero-order valence-corrected chi connectivity index (χ0v) is 58.9. The molecule has 3 aliphatic heterocycles. The Hall–Kier alpha value is -8.85. The molecule has 99 heavy (non-hydrogen) atoms. The van der Waals surface area contributed by atoms with Crippen LogP contribution in [0.15, 0.2) is 85.2 Å². The number of imide groups is 1. The standard InChI is InChI=1S/C72H103N13O14/c1-11-45(6)62(55(97-9)41-59(89)83-38-19-24-54(83)64(98-10)46(7)66(90)79-53(65-74-35-20-36-75-65)39-47-21-14-12-15-22-47)82(8)70(94)61(44(4)5)81-69(93)63-49-28-31-51(40-49)85(63)72(96)99-42-48-26-29-50(30-27-48)77-67(91)52(23-18-34-76-71(73)95)78-68(92)60(43(2)3)80-56(86)25-16-13-17-37-84-57(87)32-33-58(84)88/h12,14-15,20-22,26-27,29-30,32-33,35-36,43-46,49,51-55,60-64H,11,13,16-19,23-25,28,31,34,37-42H2,1-10H3,(H,77,91)(H,78,92)(H,79,90)(H,80,86)(H,81,93)(H3,73,76,95)/t45-,46+,49-,51+,52-,53+,54-,55+,60-,61-,62-,63-,64+/m0/s1. The zero-order valence-electron chi connectivity index (χ0n) is 58.9. The molecule has 13 atom stereocenters. The molecule has 540 valence electrons. The number of methoxy groups -OCH3 is 2. The van der Waals surface area contributed by atoms with Crippen LogP contribution in [-0.2, 0) is 70.4 Å². The Morgan fingerprint density at radius 3 is 2.06 bits per heavy atom. The molecule has 12 amide bonds. The number of unbranched alkanes of at least 4 members (excludes halogenated alkanes) is 2. The second-order valence-corrected chi connectivity index (χ2v) is 27.3. The van der Waals surface area contributed by atoms with E-state index >= 15 is 0 Å². The summed E-state index contributed by atoms with van der Waals surface area (Å²) in [5.41, 5.74) is 7.18. The second-order valence-electron chi connectivity index (χ2n) is 27.3. The fourth-order valence-corrected chi connectivity index (χ4v) is 14.1. The number of aromatic nitrogens is 2. The molecule has 2 saturated heterocycles. The van der Waals surface area contributed by atoms with Gasteiger partial charge in [0.1, 0.15) is 30.8 Å². The maximum atomic E-state index is 15.0. The molecular weight excluding hydrogens is 1270 g/mol. The lowest BCUT2D eigenvalue weighted by molar-refractivity contribution is -0.148. The number of rotatable bonds is 37. The van der Waals surface area contributed by atoms with Crippen LogP contribution >= 0.6 is 0 Å². The molecule has 2 aromatic carbocycles. The van der Waals surface area contributed by atoms with Gasteiger partial charge in [0.25, 0.3) is 11.8 Å². The first kappa shape index (κ1) is 77.5. The monoisotopic (exact) mass is 1370 g/mol. The van der Waals surface area contributed by atoms with Crippen molar-refractivity contribution in [2.45, 2.75) is 206 Å². The van der Waals surface area contributed by atoms with Crippen LogP contribution in [0.25, 0.3) is 0 Å². The Bertz CT molecular complexity index is 3270. The van der Waals surface area contributed by atoms with E-state index in [1.807, 2.05) is 58.0 Å². The van der Waals surface area contributed by atoms with E-state index in [0.717, 1.165) is 10.5 Å². The summed E-state index contributed by atoms with van der Waals surface area (Å²) in [6, 6.07) is 11.4. The smallest absolute Gasteiger partial charge is 0.411 e. The normalized spacial score (nSPS) is 19.9. The first-order chi connectivity index (χ1) is 47.3. The quantitative estimate of drug-likeness (QED) is 0.0272. The Morgan fingerprint density at radius 2 is 1.42 bits per heavy atom. The van der Waals surface area contributed by atoms with E-state index in [1.54, 1.807) is 87.5 Å². The maximum absolute atomic E-state index is 15.0. The molecule has 7 rings (SSSR count). The van der Waals surface area contributed by atoms with Gasteiger partial charge >= 0.3 is 12.1 Å². The first-order valence-corrected chi connectivity index (χ1v) is 34.9. The number of nitrogens with zero attached hydrogens (tertiary/aromatic N) is 6. The van der Waals surface area contributed by atoms with Gasteiger partial charge in [-0.25, -0.2) is 19.6 Å². The van der Waals surface area contributed by atoms with Crippen LogP contribution in [0, 0.1) is 29.6 Å². The Balaban J connectivity index is 0.937. The Kier molecular flexibility index (Phi) is 29.3. The van der Waals surface area contributed by atoms with E-state index in [1.165, 1.54) is 24.2 Å². The van der Waals surface area contributed by atoms with Gasteiger partial charge in [-0.15, -0.1) is 0 Å². The van der Waals surface area contributed by atoms with E-state index in [2.05, 4.69) is 41.9 Å². The summed E-state index contributed by atoms with van der Waals surface area (Å²) < 4.78 is 18.1. The first-order valence-electron chi connectivity index (χ1n) is 34.9. The van der Waals surface area contributed by atoms with Crippen molar-refractivity contribution < 1.29 is 67.0 Å². The van der Waals surface area contributed by atoms with Crippen LogP contribution in [0.3, 0.4) is 0 Å². The summed E-state index contributed by atoms with van der Waals surface area (Å²) >= 11 is 0. The van der Waals surface area contributed by atoms with E-state index < -0.39 is 96.2 Å². The number of amides is 12. The minimum absolute atomic E-state index is 0.0745. The lowest BCUT2D eigenvalue weighted by atomic mass is 9.89. The van der Waals surface area contributed by atoms with E-state index in [9.17, 15) is 52.7 Å². The van der Waals surface area contributed by atoms with Crippen LogP contribution in [0.2, 0.25) is 0 Å². The molecule has 27 heteroatoms. The number of carbonyl (C=O) groups is 11. The van der Waals surface area contributed by atoms with Crippen molar-refractivity contribution in [1.82, 2.24) is 56.2 Å². The number of anilines is 1. The van der Waals surface area contributed by atoms with Gasteiger partial charge in [-0.3, -0.25) is 53.0 Å². The number of carbonyl (C=O) groups excluding carboxylic acids is 11. The molecule has 27 nitrogen and oxygen atoms in total. The summed E-state index contributed by atoms with van der Waals surface area (Å²) in [5, 5.41) is 17.1. The number of urea groups is 1. The number of fused-ring (bicyclic) bond motifs is 2. The molecule has 8 N–H and O–H groups in total. The third-order valence-electron chi connectivity index (χ3n) is 19.7. The summed E-state index contributed by atoms with van der Waals surface area (Å²) in [6.45, 7) is 13.6. The third kappa shape index (κ3) is 21.1. The number of piperidine rings is 1. The van der Waals surface area contributed by atoms with Crippen molar-refractivity contribution in [3.05, 3.63) is 102 Å². The van der Waals surface area contributed by atoms with Gasteiger partial charge in [0.05, 0.1) is 42.7 Å². The highest BCUT2D eigenvalue weighted by molar-refractivity contribution is 6.12. The number of nitrogens with one attached hydrogen (secondary N) is 6. The number of hydrogen-bond acceptors (Lipinski definition) is 16. The fourth-order valence-electron chi connectivity index (χ4n) is 14.1. The zero-order chi connectivity index (χ0) is 72.0. The van der Waals surface area contributed by atoms with E-state index in [0.29, 0.717) is 87.8 Å². The molecular formula is C72H103N13O14. The highest BCUT2D eigenvalue weighted by Crippen LogP contribution is 2.43. The highest BCUT2D eigenvalue weighted by atomic mass is 16.6. The van der Waals surface area contributed by atoms with E-state index in [4.69, 9.17) is 19.9 Å². The summed E-state index contributed by atoms with van der Waals surface area (Å²) in [7, 11) is 4.74. The Morgan fingerprint density at radius 1 is 0.737 bits per heavy atom. The van der Waals surface area contributed by atoms with Gasteiger partial charge in [-0.05, 0) is 117 Å². The number of likely N-dealkylation sites (tertiary alicyclic amines) is 2. The molecule has 4 heterocycles. The number of benzene rings is 2. The molecule has 1 aliphatic carbocycles. The average Bonchev–Trinajstić information content (AvgIpc) is 1.62. The largest absolute Gasteiger partial charge is 0.445 e. The predicted octanol–water partition coefficient (Wildman–Crippen LogP) is 5.63. The van der Waals surface area contributed by atoms with Crippen LogP contribution in [0.1, 0.15) is 155 Å². The van der Waals surface area contributed by atoms with Gasteiger partial charge in [-0.1, -0.05) is 104 Å². The van der Waals surface area contributed by atoms with Crippen molar-refractivity contribution in [1.29, 1.82) is 0 Å². The number of primary amides is 1. The van der Waals surface area contributed by atoms with Crippen LogP contribution in [0.5, 0.6) is 0 Å². The number of likely N-dealkylation sites (N-methyl/N-ethyl adjacent to an activating group) is 1. The molecule has 2 bridgehead atoms. The number of nitrogens with two attached hydrogens (primary N) is 1. The van der Waals surface area contributed by atoms with Gasteiger partial charge in [0.15, 0.2) is 5.82 Å². The van der Waals surface area contributed by atoms with Gasteiger partial charge in [-0.2, -0.15) is 0 Å². The van der Waals surface area contributed by atoms with Crippen molar-refractivity contribution in [2.24, 2.45) is 35.3 Å². The minimum atomic E-state index is -1.11. The summed E-state index contributed by atoms with van der Waals surface area (Å²) in [4.78, 5) is 163. The molecule has 4 aliphatic rings. The molecule has 0 radical (unpaired) electrons. The van der Waals surface area contributed by atoms with Gasteiger partial charge < -0.3 is 61.6 Å². The third-order valence-corrected chi connectivity index (χ3v) is 19.7. The van der Waals surface area contributed by atoms with Gasteiger partial charge in [0, 0.05) is 83.6 Å². The number of hydrogen-bond donors (Lipinski definition) is 7. The molecule has 3 aromatic rings. The minimum Gasteiger partial charge on any atom is -0.445 e. The topological polar surface area (TPSA) is 352 Å². The summed E-state index contributed by atoms with van der Waals surface area (Å²) in [6.07, 6.45) is 9.84. The number of ether oxygens (including phenoxy) is 3. The van der Waals surface area contributed by atoms with Crippen molar-refractivity contribution >= 4 is 71.0 Å². The lowest BCUT2D eigenvalue weighted by Crippen LogP contribution is -2.60. The maximum Gasteiger partial charge on any atom is 0.411 e. The van der Waals surface area contributed by atoms with Gasteiger partial charge in [0.2, 0.25) is 41.4 Å². The highest BCUT2D eigenvalue weighted by Gasteiger charge is 2.53. The van der Waals surface area contributed by atoms with Crippen molar-refractivity contribution in [2.75, 3.05) is 46.2 Å². The summed E-state index contributed by atoms with van der Waals surface area (Å²) in [5.74, 6) is -4.94. The fraction of sp³-hybridized carbons (Fsp3) is 0.597. The van der Waals surface area contributed by atoms with Crippen LogP contribution in [-0.4, -0.2) is 190 Å². The average molecular weight is 1370 g/mol. The van der Waals surface area contributed by atoms with E-state index in [-0.39, 0.29) is 105 Å². The Labute approximate surface area is 581 Å². The van der Waals surface area contributed by atoms with Crippen LogP contribution < -0.4 is 37.6 Å². The lowest BCUT2D eigenvalue weighted by Gasteiger charge is -2.41. The van der Waals surface area contributed by atoms with Crippen LogP contribution in [0.4, 0.5) is 15.3 Å². The second kappa shape index (κ2) is 37.4. The molecule has 0 spiro atoms. The predicted molar refractivity (Wildman–Crippen MR) is 368 cm³/mol. The SMILES string of the molecule is CC[C@H](C)[C@@H]([C@@H](CC(=O)N1CCC[C@H]1[C@H](OC)[C@@H](C)C(=O)N[C@H](Cc1ccccc1)c1ncccn1)OC)N(C)C(=O)[C@@H](NC(=O)[C@@H]1[C@H]2CC[C@H](C2)N1C(=O)OCc1ccc(NC(=O)[C@H](CCCNC(N)=O)NC(=O)[C@@H](NC(=O)CCCCCN2C(=O)C=CC2=O)C(C)C)cc1)C(C)C. The molecule has 0 unspecified atom stereocenters. The molecule has 1 aromatic heterocycles. The van der Waals surface area contributed by atoms with Crippen molar-refractivity contribution in [3.8, 4) is 0 Å². The van der Waals surface area contributed by atoms with Crippen molar-refractivity contribution in [3.63, 3.8) is 0 Å².